The molecule has 0 aromatic heterocycles. The van der Waals surface area contributed by atoms with Crippen LogP contribution in [0, 0.1) is 17.8 Å². The van der Waals surface area contributed by atoms with Crippen LogP contribution < -0.4 is 48.3 Å². The molecule has 0 spiro atoms. The molecule has 354 valence electrons. The molecule has 2 aliphatic rings. The Labute approximate surface area is 366 Å². The molecule has 8 atom stereocenters. The van der Waals surface area contributed by atoms with Gasteiger partial charge in [-0.25, -0.2) is 0 Å². The molecule has 2 rings (SSSR count). The molecular weight excluding hydrogens is 828 g/mol. The lowest BCUT2D eigenvalue weighted by molar-refractivity contribution is -0.143. The summed E-state index contributed by atoms with van der Waals surface area (Å²) in [6, 6.07) is -6.93. The number of carbonyl (C=O) groups is 11. The summed E-state index contributed by atoms with van der Waals surface area (Å²) < 4.78 is 0. The third-order valence-corrected chi connectivity index (χ3v) is 10.4. The van der Waals surface area contributed by atoms with Gasteiger partial charge < -0.3 is 63.4 Å². The minimum atomic E-state index is -1.33. The topological polar surface area (TPSA) is 354 Å². The number of nitrogens with two attached hydrogens (primary N) is 1. The summed E-state index contributed by atoms with van der Waals surface area (Å²) in [4.78, 5) is 141. The maximum atomic E-state index is 13.4. The Balaban J connectivity index is 1.98. The second-order valence-corrected chi connectivity index (χ2v) is 16.9. The van der Waals surface area contributed by atoms with Crippen molar-refractivity contribution in [2.45, 2.75) is 142 Å². The van der Waals surface area contributed by atoms with Gasteiger partial charge in [0.1, 0.15) is 36.3 Å². The lowest BCUT2D eigenvalue weighted by atomic mass is 10.0. The first kappa shape index (κ1) is 53.3. The molecule has 1 saturated carbocycles. The molecule has 0 aromatic rings. The van der Waals surface area contributed by atoms with E-state index in [-0.39, 0.29) is 50.5 Å². The van der Waals surface area contributed by atoms with E-state index in [0.717, 1.165) is 0 Å². The van der Waals surface area contributed by atoms with E-state index >= 15 is 0 Å². The average Bonchev–Trinajstić information content (AvgIpc) is 3.88. The minimum absolute atomic E-state index is 0.100. The second kappa shape index (κ2) is 25.9. The number of hydrogen-bond donors (Lipinski definition) is 11. The van der Waals surface area contributed by atoms with E-state index in [0.29, 0.717) is 25.7 Å². The van der Waals surface area contributed by atoms with Crippen molar-refractivity contribution in [3.63, 3.8) is 0 Å². The van der Waals surface area contributed by atoms with Crippen molar-refractivity contribution >= 4 is 65.0 Å². The number of nitrogens with zero attached hydrogens (tertiary/aromatic N) is 1. The van der Waals surface area contributed by atoms with Crippen LogP contribution in [0.3, 0.4) is 0 Å². The van der Waals surface area contributed by atoms with Gasteiger partial charge in [-0.2, -0.15) is 0 Å². The van der Waals surface area contributed by atoms with Crippen LogP contribution in [0.25, 0.3) is 0 Å². The van der Waals surface area contributed by atoms with Crippen molar-refractivity contribution in [3.05, 3.63) is 0 Å². The first-order valence-corrected chi connectivity index (χ1v) is 21.3. The van der Waals surface area contributed by atoms with Crippen LogP contribution >= 0.6 is 0 Å². The standard InChI is InChI=1S/C40H66N10O13/c1-20(2)14-27(49-37(59)26(11-12-30(41)52)47-31(53)17-42-35(57)24-9-10-25(51)16-24)36(58)43-18-32(54)48-28(15-21(3)4)38(60)45-22(5)34(56)44-19-33(55)50-13-7-8-29(50)39(61)46-23(6)40(62)63/h20-29,51H,7-19H2,1-6H3,(H2,41,52)(H,42,57)(H,43,58)(H,44,56)(H,45,60)(H,46,61)(H,47,53)(H,48,54)(H,49,59)(H,62,63)/t22-,23-,24-,25-,26-,27-,28-,29-/m0/s1. The van der Waals surface area contributed by atoms with Gasteiger partial charge in [-0.15, -0.1) is 0 Å². The van der Waals surface area contributed by atoms with Crippen molar-refractivity contribution < 1.29 is 63.0 Å². The van der Waals surface area contributed by atoms with Gasteiger partial charge in [-0.3, -0.25) is 52.7 Å². The highest BCUT2D eigenvalue weighted by atomic mass is 16.4. The van der Waals surface area contributed by atoms with Crippen LogP contribution in [0.1, 0.15) is 99.3 Å². The molecule has 23 heteroatoms. The Hall–Kier alpha value is -5.87. The van der Waals surface area contributed by atoms with Crippen molar-refractivity contribution in [1.29, 1.82) is 0 Å². The number of carbonyl (C=O) groups excluding carboxylic acids is 10. The number of aliphatic hydroxyl groups is 1. The third kappa shape index (κ3) is 19.0. The zero-order valence-electron chi connectivity index (χ0n) is 36.9. The lowest BCUT2D eigenvalue weighted by Gasteiger charge is -2.26. The molecule has 0 radical (unpaired) electrons. The number of likely N-dealkylation sites (tertiary alicyclic amines) is 1. The van der Waals surface area contributed by atoms with Gasteiger partial charge in [0, 0.05) is 18.9 Å². The number of carboxylic acids is 1. The number of aliphatic carboxylic acids is 1. The molecule has 12 N–H and O–H groups in total. The lowest BCUT2D eigenvalue weighted by Crippen LogP contribution is -2.57. The van der Waals surface area contributed by atoms with Gasteiger partial charge in [-0.05, 0) is 77.0 Å². The molecule has 23 nitrogen and oxygen atoms in total. The summed E-state index contributed by atoms with van der Waals surface area (Å²) in [5.41, 5.74) is 5.28. The number of nitrogens with one attached hydrogen (secondary N) is 8. The largest absolute Gasteiger partial charge is 0.480 e. The molecule has 1 saturated heterocycles. The predicted molar refractivity (Wildman–Crippen MR) is 223 cm³/mol. The number of hydrogen-bond acceptors (Lipinski definition) is 12. The van der Waals surface area contributed by atoms with Gasteiger partial charge in [0.15, 0.2) is 0 Å². The van der Waals surface area contributed by atoms with Crippen LogP contribution in [0.5, 0.6) is 0 Å². The monoisotopic (exact) mass is 894 g/mol. The molecule has 63 heavy (non-hydrogen) atoms. The molecule has 0 bridgehead atoms. The van der Waals surface area contributed by atoms with Crippen LogP contribution in [0.15, 0.2) is 0 Å². The fraction of sp³-hybridized carbons (Fsp3) is 0.725. The van der Waals surface area contributed by atoms with Gasteiger partial charge in [-0.1, -0.05) is 27.7 Å². The van der Waals surface area contributed by atoms with Gasteiger partial charge in [0.2, 0.25) is 59.1 Å². The molecule has 0 aromatic carbocycles. The molecular formula is C40H66N10O13. The van der Waals surface area contributed by atoms with Crippen molar-refractivity contribution in [3.8, 4) is 0 Å². The van der Waals surface area contributed by atoms with E-state index in [1.165, 1.54) is 18.7 Å². The number of primary amides is 1. The fourth-order valence-electron chi connectivity index (χ4n) is 7.03. The number of amides is 10. The van der Waals surface area contributed by atoms with E-state index < -0.39 is 133 Å². The summed E-state index contributed by atoms with van der Waals surface area (Å²) >= 11 is 0. The summed E-state index contributed by atoms with van der Waals surface area (Å²) in [6.07, 6.45) is 1.12. The van der Waals surface area contributed by atoms with E-state index in [1.807, 2.05) is 0 Å². The van der Waals surface area contributed by atoms with E-state index in [9.17, 15) is 57.8 Å². The highest BCUT2D eigenvalue weighted by Gasteiger charge is 2.36. The van der Waals surface area contributed by atoms with Crippen molar-refractivity contribution in [2.75, 3.05) is 26.2 Å². The van der Waals surface area contributed by atoms with Crippen LogP contribution in [0.4, 0.5) is 0 Å². The Morgan fingerprint density at radius 1 is 0.619 bits per heavy atom. The van der Waals surface area contributed by atoms with Crippen molar-refractivity contribution in [1.82, 2.24) is 47.4 Å². The van der Waals surface area contributed by atoms with Gasteiger partial charge >= 0.3 is 5.97 Å². The smallest absolute Gasteiger partial charge is 0.325 e. The SMILES string of the molecule is CC(C)C[C@H](NC(=O)CNC(=O)[C@H](CC(C)C)NC(=O)[C@H](CCC(N)=O)NC(=O)CNC(=O)[C@H]1CC[C@H](O)C1)C(=O)N[C@@H](C)C(=O)NCC(=O)N1CCC[C@H]1C(=O)N[C@@H](C)C(=O)O. The summed E-state index contributed by atoms with van der Waals surface area (Å²) in [6.45, 7) is 8.42. The van der Waals surface area contributed by atoms with Crippen LogP contribution in [0.2, 0.25) is 0 Å². The summed E-state index contributed by atoms with van der Waals surface area (Å²) in [5, 5.41) is 38.5. The number of rotatable bonds is 25. The molecule has 1 heterocycles. The van der Waals surface area contributed by atoms with E-state index in [1.54, 1.807) is 27.7 Å². The summed E-state index contributed by atoms with van der Waals surface area (Å²) in [5.74, 6) is -8.93. The first-order chi connectivity index (χ1) is 29.5. The molecule has 0 unspecified atom stereocenters. The second-order valence-electron chi connectivity index (χ2n) is 16.9. The Morgan fingerprint density at radius 3 is 1.73 bits per heavy atom. The molecule has 2 fully saturated rings. The summed E-state index contributed by atoms with van der Waals surface area (Å²) in [7, 11) is 0. The molecule has 1 aliphatic heterocycles. The molecule has 10 amide bonds. The maximum Gasteiger partial charge on any atom is 0.325 e. The zero-order valence-corrected chi connectivity index (χ0v) is 36.9. The van der Waals surface area contributed by atoms with Crippen LogP contribution in [-0.2, 0) is 52.7 Å². The van der Waals surface area contributed by atoms with Crippen LogP contribution in [-0.4, -0.2) is 149 Å². The Kier molecular flexibility index (Phi) is 21.9. The quantitative estimate of drug-likeness (QED) is 0.0423. The highest BCUT2D eigenvalue weighted by Crippen LogP contribution is 2.25. The Bertz CT molecular complexity index is 1690. The maximum absolute atomic E-state index is 13.4. The predicted octanol–water partition coefficient (Wildman–Crippen LogP) is -3.61. The van der Waals surface area contributed by atoms with E-state index in [4.69, 9.17) is 10.8 Å². The molecule has 1 aliphatic carbocycles. The highest BCUT2D eigenvalue weighted by molar-refractivity contribution is 5.97. The van der Waals surface area contributed by atoms with Crippen molar-refractivity contribution in [2.24, 2.45) is 23.5 Å². The average molecular weight is 895 g/mol. The first-order valence-electron chi connectivity index (χ1n) is 21.3. The third-order valence-electron chi connectivity index (χ3n) is 10.4. The zero-order chi connectivity index (χ0) is 47.6. The van der Waals surface area contributed by atoms with Gasteiger partial charge in [0.25, 0.3) is 0 Å². The normalized spacial score (nSPS) is 19.4. The minimum Gasteiger partial charge on any atom is -0.480 e. The Morgan fingerprint density at radius 2 is 1.17 bits per heavy atom. The number of aliphatic hydroxyl groups excluding tert-OH is 1. The van der Waals surface area contributed by atoms with Gasteiger partial charge in [0.05, 0.1) is 25.7 Å². The van der Waals surface area contributed by atoms with E-state index in [2.05, 4.69) is 42.5 Å². The number of carboxylic acid groups (broad SMARTS) is 1. The fourth-order valence-corrected chi connectivity index (χ4v) is 7.03.